The molecule has 0 atom stereocenters. The van der Waals surface area contributed by atoms with E-state index in [1.54, 1.807) is 30.5 Å². The van der Waals surface area contributed by atoms with Crippen LogP contribution in [0.3, 0.4) is 0 Å². The van der Waals surface area contributed by atoms with Crippen LogP contribution < -0.4 is 4.72 Å². The van der Waals surface area contributed by atoms with Gasteiger partial charge in [0, 0.05) is 17.4 Å². The molecule has 0 saturated carbocycles. The lowest BCUT2D eigenvalue weighted by Crippen LogP contribution is -2.13. The fourth-order valence-electron chi connectivity index (χ4n) is 1.37. The van der Waals surface area contributed by atoms with Gasteiger partial charge in [0.05, 0.1) is 5.69 Å². The van der Waals surface area contributed by atoms with E-state index in [0.29, 0.717) is 5.69 Å². The van der Waals surface area contributed by atoms with Crippen molar-refractivity contribution in [2.24, 2.45) is 0 Å². The zero-order chi connectivity index (χ0) is 12.3. The average molecular weight is 272 g/mol. The van der Waals surface area contributed by atoms with Gasteiger partial charge in [0.1, 0.15) is 5.21 Å². The zero-order valence-electron chi connectivity index (χ0n) is 8.72. The van der Waals surface area contributed by atoms with Crippen molar-refractivity contribution >= 4 is 27.3 Å². The van der Waals surface area contributed by atoms with Crippen LogP contribution in [0.1, 0.15) is 0 Å². The lowest BCUT2D eigenvalue weighted by atomic mass is 10.1. The zero-order valence-corrected chi connectivity index (χ0v) is 10.3. The van der Waals surface area contributed by atoms with E-state index in [4.69, 9.17) is 11.6 Å². The largest absolute Gasteiger partial charge is 0.283 e. The molecule has 0 saturated heterocycles. The quantitative estimate of drug-likeness (QED) is 0.836. The minimum absolute atomic E-state index is 0.470. The van der Waals surface area contributed by atoms with E-state index in [2.05, 4.69) is 14.9 Å². The van der Waals surface area contributed by atoms with Gasteiger partial charge < -0.3 is 0 Å². The molecule has 2 aromatic rings. The third-order valence-electron chi connectivity index (χ3n) is 2.09. The maximum atomic E-state index is 11.3. The number of rotatable bonds is 4. The van der Waals surface area contributed by atoms with E-state index in [1.807, 2.05) is 6.07 Å². The van der Waals surface area contributed by atoms with Crippen LogP contribution >= 0.6 is 11.6 Å². The Balaban J connectivity index is 2.30. The van der Waals surface area contributed by atoms with Gasteiger partial charge in [0.15, 0.2) is 0 Å². The Labute approximate surface area is 104 Å². The predicted octanol–water partition coefficient (Wildman–Crippen LogP) is 2.01. The third kappa shape index (κ3) is 2.98. The molecule has 0 fully saturated rings. The Morgan fingerprint density at radius 1 is 1.35 bits per heavy atom. The summed E-state index contributed by atoms with van der Waals surface area (Å²) in [5.41, 5.74) is 2.13. The van der Waals surface area contributed by atoms with E-state index in [-0.39, 0.29) is 0 Å². The first-order valence-electron chi connectivity index (χ1n) is 4.77. The second-order valence-electron chi connectivity index (χ2n) is 3.38. The van der Waals surface area contributed by atoms with Gasteiger partial charge in [-0.2, -0.15) is 5.10 Å². The van der Waals surface area contributed by atoms with Crippen LogP contribution in [0.4, 0.5) is 5.69 Å². The van der Waals surface area contributed by atoms with Gasteiger partial charge in [-0.3, -0.25) is 9.82 Å². The van der Waals surface area contributed by atoms with Crippen molar-refractivity contribution in [2.75, 3.05) is 9.93 Å². The summed E-state index contributed by atoms with van der Waals surface area (Å²) in [5, 5.41) is 6.17. The minimum atomic E-state index is -3.47. The summed E-state index contributed by atoms with van der Waals surface area (Å²) in [6.45, 7) is 0. The SMILES string of the molecule is O=S(=O)(CCl)Nc1cccc(-c2ccn[nH]2)c1. The summed E-state index contributed by atoms with van der Waals surface area (Å²) in [7, 11) is -3.47. The molecule has 0 aliphatic heterocycles. The van der Waals surface area contributed by atoms with Gasteiger partial charge in [-0.05, 0) is 18.2 Å². The van der Waals surface area contributed by atoms with Gasteiger partial charge in [-0.1, -0.05) is 12.1 Å². The highest BCUT2D eigenvalue weighted by Crippen LogP contribution is 2.21. The maximum Gasteiger partial charge on any atom is 0.246 e. The Bertz CT molecular complexity index is 596. The summed E-state index contributed by atoms with van der Waals surface area (Å²) in [5.74, 6) is 0. The first-order chi connectivity index (χ1) is 8.11. The number of alkyl halides is 1. The first kappa shape index (κ1) is 11.9. The number of sulfonamides is 1. The van der Waals surface area contributed by atoms with Crippen molar-refractivity contribution < 1.29 is 8.42 Å². The molecule has 1 aromatic heterocycles. The molecular weight excluding hydrogens is 262 g/mol. The van der Waals surface area contributed by atoms with Crippen molar-refractivity contribution in [3.8, 4) is 11.3 Å². The van der Waals surface area contributed by atoms with Gasteiger partial charge >= 0.3 is 0 Å². The number of hydrogen-bond acceptors (Lipinski definition) is 3. The molecule has 2 N–H and O–H groups in total. The van der Waals surface area contributed by atoms with Gasteiger partial charge in [0.25, 0.3) is 0 Å². The second-order valence-corrected chi connectivity index (χ2v) is 5.68. The molecule has 1 heterocycles. The topological polar surface area (TPSA) is 74.8 Å². The lowest BCUT2D eigenvalue weighted by Gasteiger charge is -2.06. The van der Waals surface area contributed by atoms with Crippen LogP contribution in [0, 0.1) is 0 Å². The molecule has 2 rings (SSSR count). The van der Waals surface area contributed by atoms with Gasteiger partial charge in [-0.25, -0.2) is 8.42 Å². The maximum absolute atomic E-state index is 11.3. The fraction of sp³-hybridized carbons (Fsp3) is 0.100. The predicted molar refractivity (Wildman–Crippen MR) is 67.3 cm³/mol. The average Bonchev–Trinajstić information content (AvgIpc) is 2.82. The van der Waals surface area contributed by atoms with Gasteiger partial charge in [0.2, 0.25) is 10.0 Å². The second kappa shape index (κ2) is 4.77. The first-order valence-corrected chi connectivity index (χ1v) is 6.96. The molecular formula is C10H10ClN3O2S. The highest BCUT2D eigenvalue weighted by atomic mass is 35.5. The standard InChI is InChI=1S/C10H10ClN3O2S/c11-7-17(15,16)14-9-3-1-2-8(6-9)10-4-5-12-13-10/h1-6,14H,7H2,(H,12,13). The summed E-state index contributed by atoms with van der Waals surface area (Å²) in [4.78, 5) is 0. The van der Waals surface area contributed by atoms with E-state index < -0.39 is 15.2 Å². The highest BCUT2D eigenvalue weighted by Gasteiger charge is 2.08. The smallest absolute Gasteiger partial charge is 0.246 e. The summed E-state index contributed by atoms with van der Waals surface area (Å²) in [6, 6.07) is 8.77. The summed E-state index contributed by atoms with van der Waals surface area (Å²) < 4.78 is 25.0. The molecule has 7 heteroatoms. The number of aromatic nitrogens is 2. The van der Waals surface area contributed by atoms with Crippen molar-refractivity contribution in [3.05, 3.63) is 36.5 Å². The molecule has 0 spiro atoms. The molecule has 0 amide bonds. The van der Waals surface area contributed by atoms with Crippen LogP contribution in [0.2, 0.25) is 0 Å². The Kier molecular flexibility index (Phi) is 3.35. The minimum Gasteiger partial charge on any atom is -0.283 e. The fourth-order valence-corrected chi connectivity index (χ4v) is 2.08. The number of hydrogen-bond donors (Lipinski definition) is 2. The molecule has 1 aromatic carbocycles. The van der Waals surface area contributed by atoms with E-state index in [1.165, 1.54) is 0 Å². The summed E-state index contributed by atoms with van der Waals surface area (Å²) >= 11 is 5.32. The molecule has 0 aliphatic carbocycles. The number of nitrogens with zero attached hydrogens (tertiary/aromatic N) is 1. The lowest BCUT2D eigenvalue weighted by molar-refractivity contribution is 0.605. The number of aromatic amines is 1. The number of nitrogens with one attached hydrogen (secondary N) is 2. The van der Waals surface area contributed by atoms with Crippen molar-refractivity contribution in [1.29, 1.82) is 0 Å². The number of benzene rings is 1. The third-order valence-corrected chi connectivity index (χ3v) is 3.79. The molecule has 0 radical (unpaired) electrons. The van der Waals surface area contributed by atoms with E-state index in [9.17, 15) is 8.42 Å². The van der Waals surface area contributed by atoms with Crippen LogP contribution in [-0.4, -0.2) is 23.8 Å². The molecule has 17 heavy (non-hydrogen) atoms. The van der Waals surface area contributed by atoms with Crippen molar-refractivity contribution in [1.82, 2.24) is 10.2 Å². The van der Waals surface area contributed by atoms with Crippen LogP contribution in [-0.2, 0) is 10.0 Å². The van der Waals surface area contributed by atoms with Crippen LogP contribution in [0.15, 0.2) is 36.5 Å². The number of anilines is 1. The van der Waals surface area contributed by atoms with Crippen LogP contribution in [0.25, 0.3) is 11.3 Å². The van der Waals surface area contributed by atoms with Gasteiger partial charge in [-0.15, -0.1) is 11.6 Å². The monoisotopic (exact) mass is 271 g/mol. The summed E-state index contributed by atoms with van der Waals surface area (Å²) in [6.07, 6.45) is 1.63. The number of halogens is 1. The molecule has 90 valence electrons. The molecule has 5 nitrogen and oxygen atoms in total. The van der Waals surface area contributed by atoms with E-state index in [0.717, 1.165) is 11.3 Å². The Morgan fingerprint density at radius 3 is 2.82 bits per heavy atom. The Hall–Kier alpha value is -1.53. The highest BCUT2D eigenvalue weighted by molar-refractivity contribution is 7.93. The van der Waals surface area contributed by atoms with E-state index >= 15 is 0 Å². The van der Waals surface area contributed by atoms with Crippen molar-refractivity contribution in [2.45, 2.75) is 0 Å². The molecule has 0 bridgehead atoms. The normalized spacial score (nSPS) is 11.4. The molecule has 0 aliphatic rings. The molecule has 0 unspecified atom stereocenters. The Morgan fingerprint density at radius 2 is 2.18 bits per heavy atom. The van der Waals surface area contributed by atoms with Crippen molar-refractivity contribution in [3.63, 3.8) is 0 Å². The number of H-pyrrole nitrogens is 1. The van der Waals surface area contributed by atoms with Crippen LogP contribution in [0.5, 0.6) is 0 Å².